The summed E-state index contributed by atoms with van der Waals surface area (Å²) in [6, 6.07) is 7.65. The molecule has 4 heteroatoms. The number of rotatable bonds is 2. The molecule has 1 aromatic heterocycles. The average Bonchev–Trinajstić information content (AvgIpc) is 2.81. The first-order valence-corrected chi connectivity index (χ1v) is 6.74. The molecule has 0 unspecified atom stereocenters. The molecule has 0 aliphatic heterocycles. The summed E-state index contributed by atoms with van der Waals surface area (Å²) >= 11 is 0. The number of Topliss-reactive ketones (excluding diaryl/α,β-unsaturated/α-hetero) is 1. The Bertz CT molecular complexity index is 654. The average molecular weight is 270 g/mol. The summed E-state index contributed by atoms with van der Waals surface area (Å²) < 4.78 is 7.04. The molecule has 4 nitrogen and oxygen atoms in total. The number of aromatic nitrogens is 2. The van der Waals surface area contributed by atoms with Crippen LogP contribution in [0.1, 0.15) is 36.5 Å². The third-order valence-electron chi connectivity index (χ3n) is 3.74. The normalized spacial score (nSPS) is 16.9. The van der Waals surface area contributed by atoms with Crippen LogP contribution >= 0.6 is 0 Å². The molecule has 0 N–H and O–H groups in total. The van der Waals surface area contributed by atoms with Gasteiger partial charge in [-0.25, -0.2) is 4.98 Å². The van der Waals surface area contributed by atoms with Crippen LogP contribution in [0, 0.1) is 5.41 Å². The number of ketones is 1. The summed E-state index contributed by atoms with van der Waals surface area (Å²) in [5, 5.41) is 0. The van der Waals surface area contributed by atoms with Crippen LogP contribution in [-0.4, -0.2) is 22.4 Å². The number of nitrogens with zero attached hydrogens (tertiary/aromatic N) is 2. The highest BCUT2D eigenvalue weighted by Crippen LogP contribution is 2.34. The molecule has 1 aliphatic rings. The fourth-order valence-electron chi connectivity index (χ4n) is 2.78. The monoisotopic (exact) mass is 270 g/mol. The molecule has 0 atom stereocenters. The number of hydrogen-bond donors (Lipinski definition) is 0. The Morgan fingerprint density at radius 1 is 1.20 bits per heavy atom. The van der Waals surface area contributed by atoms with Gasteiger partial charge in [0.2, 0.25) is 0 Å². The third kappa shape index (κ3) is 2.11. The van der Waals surface area contributed by atoms with Gasteiger partial charge >= 0.3 is 0 Å². The second-order valence-electron chi connectivity index (χ2n) is 6.05. The molecular weight excluding hydrogens is 252 g/mol. The Kier molecular flexibility index (Phi) is 2.89. The van der Waals surface area contributed by atoms with E-state index in [-0.39, 0.29) is 11.2 Å². The first kappa shape index (κ1) is 12.9. The number of fused-ring (bicyclic) bond motifs is 1. The van der Waals surface area contributed by atoms with E-state index >= 15 is 0 Å². The second-order valence-corrected chi connectivity index (χ2v) is 6.05. The maximum atomic E-state index is 12.4. The Labute approximate surface area is 118 Å². The number of ether oxygens (including phenoxy) is 1. The predicted octanol–water partition coefficient (Wildman–Crippen LogP) is 3.04. The molecule has 0 radical (unpaired) electrons. The largest absolute Gasteiger partial charge is 0.497 e. The van der Waals surface area contributed by atoms with Crippen molar-refractivity contribution in [2.24, 2.45) is 5.41 Å². The molecular formula is C16H18N2O2. The lowest BCUT2D eigenvalue weighted by molar-refractivity contribution is 0.0904. The van der Waals surface area contributed by atoms with Crippen LogP contribution in [0.25, 0.3) is 5.69 Å². The minimum Gasteiger partial charge on any atom is -0.497 e. The van der Waals surface area contributed by atoms with Crippen molar-refractivity contribution in [3.8, 4) is 11.4 Å². The molecule has 0 saturated heterocycles. The number of carbonyl (C=O) groups excluding carboxylic acids is 1. The molecule has 1 aliphatic carbocycles. The van der Waals surface area contributed by atoms with Gasteiger partial charge in [-0.05, 0) is 36.1 Å². The zero-order valence-electron chi connectivity index (χ0n) is 12.0. The lowest BCUT2D eigenvalue weighted by Gasteiger charge is -2.28. The Morgan fingerprint density at radius 2 is 1.90 bits per heavy atom. The van der Waals surface area contributed by atoms with E-state index in [2.05, 4.69) is 18.8 Å². The summed E-state index contributed by atoms with van der Waals surface area (Å²) in [6.45, 7) is 4.22. The minimum absolute atomic E-state index is 0.00315. The van der Waals surface area contributed by atoms with Crippen molar-refractivity contribution in [1.29, 1.82) is 0 Å². The first-order chi connectivity index (χ1) is 9.50. The molecule has 1 aromatic carbocycles. The molecule has 2 aromatic rings. The van der Waals surface area contributed by atoms with Crippen LogP contribution in [0.5, 0.6) is 5.75 Å². The molecule has 1 heterocycles. The van der Waals surface area contributed by atoms with E-state index in [0.29, 0.717) is 6.42 Å². The van der Waals surface area contributed by atoms with Crippen LogP contribution in [0.15, 0.2) is 30.6 Å². The standard InChI is InChI=1S/C16H18N2O2/c1-16(2)8-13-15(14(19)9-16)18(10-17-13)11-4-6-12(20-3)7-5-11/h4-7,10H,8-9H2,1-3H3. The van der Waals surface area contributed by atoms with E-state index in [9.17, 15) is 4.79 Å². The summed E-state index contributed by atoms with van der Waals surface area (Å²) in [6.07, 6.45) is 3.16. The molecule has 0 amide bonds. The van der Waals surface area contributed by atoms with E-state index in [0.717, 1.165) is 29.2 Å². The number of benzene rings is 1. The van der Waals surface area contributed by atoms with Crippen LogP contribution in [0.3, 0.4) is 0 Å². The Morgan fingerprint density at radius 3 is 2.55 bits per heavy atom. The maximum absolute atomic E-state index is 12.4. The Balaban J connectivity index is 2.04. The van der Waals surface area contributed by atoms with E-state index in [1.54, 1.807) is 13.4 Å². The van der Waals surface area contributed by atoms with E-state index in [1.807, 2.05) is 28.8 Å². The number of imidazole rings is 1. The van der Waals surface area contributed by atoms with Gasteiger partial charge < -0.3 is 4.74 Å². The lowest BCUT2D eigenvalue weighted by Crippen LogP contribution is -2.28. The van der Waals surface area contributed by atoms with Gasteiger partial charge in [0.1, 0.15) is 17.8 Å². The Hall–Kier alpha value is -2.10. The summed E-state index contributed by atoms with van der Waals surface area (Å²) in [7, 11) is 1.64. The molecule has 3 rings (SSSR count). The van der Waals surface area contributed by atoms with Crippen molar-refractivity contribution in [1.82, 2.24) is 9.55 Å². The van der Waals surface area contributed by atoms with Gasteiger partial charge in [0.15, 0.2) is 5.78 Å². The minimum atomic E-state index is 0.00315. The van der Waals surface area contributed by atoms with E-state index < -0.39 is 0 Å². The van der Waals surface area contributed by atoms with Crippen molar-refractivity contribution >= 4 is 5.78 Å². The lowest BCUT2D eigenvalue weighted by atomic mass is 9.77. The molecule has 0 bridgehead atoms. The highest BCUT2D eigenvalue weighted by Gasteiger charge is 2.34. The van der Waals surface area contributed by atoms with Gasteiger partial charge in [-0.2, -0.15) is 0 Å². The molecule has 20 heavy (non-hydrogen) atoms. The molecule has 104 valence electrons. The van der Waals surface area contributed by atoms with Crippen LogP contribution < -0.4 is 4.74 Å². The fraction of sp³-hybridized carbons (Fsp3) is 0.375. The summed E-state index contributed by atoms with van der Waals surface area (Å²) in [5.41, 5.74) is 2.58. The summed E-state index contributed by atoms with van der Waals surface area (Å²) in [5.74, 6) is 0.972. The van der Waals surface area contributed by atoms with Crippen LogP contribution in [0.2, 0.25) is 0 Å². The topological polar surface area (TPSA) is 44.1 Å². The third-order valence-corrected chi connectivity index (χ3v) is 3.74. The second kappa shape index (κ2) is 4.47. The number of carbonyl (C=O) groups is 1. The predicted molar refractivity (Wildman–Crippen MR) is 76.5 cm³/mol. The van der Waals surface area contributed by atoms with Crippen LogP contribution in [0.4, 0.5) is 0 Å². The quantitative estimate of drug-likeness (QED) is 0.842. The van der Waals surface area contributed by atoms with Crippen LogP contribution in [-0.2, 0) is 6.42 Å². The molecule has 0 spiro atoms. The van der Waals surface area contributed by atoms with Crippen molar-refractivity contribution in [3.05, 3.63) is 42.0 Å². The van der Waals surface area contributed by atoms with Crippen molar-refractivity contribution in [2.75, 3.05) is 7.11 Å². The van der Waals surface area contributed by atoms with E-state index in [4.69, 9.17) is 4.74 Å². The number of methoxy groups -OCH3 is 1. The highest BCUT2D eigenvalue weighted by atomic mass is 16.5. The van der Waals surface area contributed by atoms with Crippen molar-refractivity contribution < 1.29 is 9.53 Å². The zero-order chi connectivity index (χ0) is 14.3. The zero-order valence-corrected chi connectivity index (χ0v) is 12.0. The first-order valence-electron chi connectivity index (χ1n) is 6.74. The van der Waals surface area contributed by atoms with Gasteiger partial charge in [0.05, 0.1) is 12.8 Å². The number of hydrogen-bond acceptors (Lipinski definition) is 3. The van der Waals surface area contributed by atoms with E-state index in [1.165, 1.54) is 0 Å². The van der Waals surface area contributed by atoms with Crippen molar-refractivity contribution in [2.45, 2.75) is 26.7 Å². The molecule has 0 saturated carbocycles. The van der Waals surface area contributed by atoms with Gasteiger partial charge in [0.25, 0.3) is 0 Å². The van der Waals surface area contributed by atoms with Gasteiger partial charge in [0, 0.05) is 12.1 Å². The molecule has 0 fully saturated rings. The smallest absolute Gasteiger partial charge is 0.182 e. The van der Waals surface area contributed by atoms with Gasteiger partial charge in [-0.15, -0.1) is 0 Å². The van der Waals surface area contributed by atoms with Gasteiger partial charge in [-0.1, -0.05) is 13.8 Å². The SMILES string of the molecule is COc1ccc(-n2cnc3c2C(=O)CC(C)(C)C3)cc1. The van der Waals surface area contributed by atoms with Gasteiger partial charge in [-0.3, -0.25) is 9.36 Å². The highest BCUT2D eigenvalue weighted by molar-refractivity contribution is 5.97. The fourth-order valence-corrected chi connectivity index (χ4v) is 2.78. The summed E-state index contributed by atoms with van der Waals surface area (Å²) in [4.78, 5) is 16.8. The van der Waals surface area contributed by atoms with Crippen molar-refractivity contribution in [3.63, 3.8) is 0 Å². The maximum Gasteiger partial charge on any atom is 0.182 e.